The molecule has 0 atom stereocenters. The maximum absolute atomic E-state index is 12.2. The molecule has 0 fully saturated rings. The fourth-order valence-corrected chi connectivity index (χ4v) is 2.98. The van der Waals surface area contributed by atoms with Gasteiger partial charge in [-0.15, -0.1) is 0 Å². The van der Waals surface area contributed by atoms with Gasteiger partial charge in [-0.2, -0.15) is 5.10 Å². The van der Waals surface area contributed by atoms with Gasteiger partial charge in [-0.3, -0.25) is 4.79 Å². The number of para-hydroxylation sites is 1. The van der Waals surface area contributed by atoms with Crippen LogP contribution in [-0.2, 0) is 11.3 Å². The van der Waals surface area contributed by atoms with Gasteiger partial charge in [0.2, 0.25) is 5.91 Å². The average molecular weight is 349 g/mol. The molecule has 0 aliphatic heterocycles. The first-order valence-corrected chi connectivity index (χ1v) is 8.59. The highest BCUT2D eigenvalue weighted by atomic mass is 16.3. The lowest BCUT2D eigenvalue weighted by molar-refractivity contribution is -0.116. The third-order valence-corrected chi connectivity index (χ3v) is 4.35. The predicted octanol–water partition coefficient (Wildman–Crippen LogP) is 4.03. The number of hydrogen-bond acceptors (Lipinski definition) is 3. The molecular formula is C21H23N3O2. The average Bonchev–Trinajstić information content (AvgIpc) is 3.10. The van der Waals surface area contributed by atoms with Crippen molar-refractivity contribution < 1.29 is 9.21 Å². The van der Waals surface area contributed by atoms with E-state index in [2.05, 4.69) is 10.4 Å². The molecule has 5 nitrogen and oxygen atoms in total. The van der Waals surface area contributed by atoms with Crippen molar-refractivity contribution in [2.75, 3.05) is 0 Å². The number of aromatic nitrogens is 2. The fraction of sp³-hybridized carbons (Fsp3) is 0.238. The number of nitrogens with one attached hydrogen (secondary N) is 1. The maximum atomic E-state index is 12.2. The highest BCUT2D eigenvalue weighted by Gasteiger charge is 2.11. The van der Waals surface area contributed by atoms with Crippen LogP contribution >= 0.6 is 0 Å². The van der Waals surface area contributed by atoms with Gasteiger partial charge < -0.3 is 9.73 Å². The maximum Gasteiger partial charge on any atom is 0.244 e. The van der Waals surface area contributed by atoms with Crippen molar-refractivity contribution in [3.63, 3.8) is 0 Å². The van der Waals surface area contributed by atoms with Crippen LogP contribution in [0.15, 0.2) is 46.9 Å². The van der Waals surface area contributed by atoms with Gasteiger partial charge in [0.05, 0.1) is 11.4 Å². The molecule has 1 aromatic carbocycles. The van der Waals surface area contributed by atoms with E-state index < -0.39 is 0 Å². The van der Waals surface area contributed by atoms with E-state index in [-0.39, 0.29) is 5.91 Å². The molecule has 0 radical (unpaired) electrons. The van der Waals surface area contributed by atoms with Crippen molar-refractivity contribution in [2.45, 2.75) is 34.2 Å². The summed E-state index contributed by atoms with van der Waals surface area (Å²) in [6, 6.07) is 11.9. The number of amides is 1. The molecule has 5 heteroatoms. The SMILES string of the molecule is Cc1cc(CNC(=O)/C=C/c2c(C)nn(-c3ccccc3)c2C)c(C)o1. The van der Waals surface area contributed by atoms with Gasteiger partial charge in [0.25, 0.3) is 0 Å². The summed E-state index contributed by atoms with van der Waals surface area (Å²) in [4.78, 5) is 12.2. The second-order valence-electron chi connectivity index (χ2n) is 6.32. The van der Waals surface area contributed by atoms with Crippen LogP contribution in [0.2, 0.25) is 0 Å². The zero-order chi connectivity index (χ0) is 18.7. The minimum Gasteiger partial charge on any atom is -0.466 e. The van der Waals surface area contributed by atoms with E-state index in [0.717, 1.165) is 39.7 Å². The van der Waals surface area contributed by atoms with Crippen LogP contribution < -0.4 is 5.32 Å². The van der Waals surface area contributed by atoms with Crippen LogP contribution in [0.3, 0.4) is 0 Å². The van der Waals surface area contributed by atoms with Gasteiger partial charge in [-0.25, -0.2) is 4.68 Å². The van der Waals surface area contributed by atoms with Crippen molar-refractivity contribution in [1.29, 1.82) is 0 Å². The van der Waals surface area contributed by atoms with Crippen molar-refractivity contribution in [3.05, 3.63) is 76.5 Å². The Kier molecular flexibility index (Phi) is 5.07. The molecule has 1 N–H and O–H groups in total. The van der Waals surface area contributed by atoms with Crippen molar-refractivity contribution in [3.8, 4) is 5.69 Å². The number of carbonyl (C=O) groups excluding carboxylic acids is 1. The Labute approximate surface area is 153 Å². The molecule has 0 saturated heterocycles. The number of rotatable bonds is 5. The van der Waals surface area contributed by atoms with Crippen molar-refractivity contribution in [2.24, 2.45) is 0 Å². The molecule has 26 heavy (non-hydrogen) atoms. The number of benzene rings is 1. The van der Waals surface area contributed by atoms with Crippen LogP contribution in [0.25, 0.3) is 11.8 Å². The minimum atomic E-state index is -0.144. The fourth-order valence-electron chi connectivity index (χ4n) is 2.98. The first-order valence-electron chi connectivity index (χ1n) is 8.59. The Hall–Kier alpha value is -3.08. The zero-order valence-electron chi connectivity index (χ0n) is 15.5. The molecule has 0 saturated carbocycles. The molecule has 3 aromatic rings. The Morgan fingerprint density at radius 2 is 1.92 bits per heavy atom. The molecule has 3 rings (SSSR count). The first-order chi connectivity index (χ1) is 12.5. The van der Waals surface area contributed by atoms with Crippen LogP contribution in [0, 0.1) is 27.7 Å². The molecule has 0 bridgehead atoms. The Balaban J connectivity index is 1.71. The molecule has 1 amide bonds. The summed E-state index contributed by atoms with van der Waals surface area (Å²) in [5, 5.41) is 7.48. The Morgan fingerprint density at radius 1 is 1.19 bits per heavy atom. The zero-order valence-corrected chi connectivity index (χ0v) is 15.5. The summed E-state index contributed by atoms with van der Waals surface area (Å²) in [6.07, 6.45) is 3.37. The highest BCUT2D eigenvalue weighted by Crippen LogP contribution is 2.19. The smallest absolute Gasteiger partial charge is 0.244 e. The first kappa shape index (κ1) is 17.7. The second kappa shape index (κ2) is 7.44. The van der Waals surface area contributed by atoms with Crippen molar-refractivity contribution >= 4 is 12.0 Å². The van der Waals surface area contributed by atoms with Crippen LogP contribution in [0.1, 0.15) is 34.0 Å². The van der Waals surface area contributed by atoms with E-state index in [1.165, 1.54) is 0 Å². The third-order valence-electron chi connectivity index (χ3n) is 4.35. The summed E-state index contributed by atoms with van der Waals surface area (Å²) in [7, 11) is 0. The topological polar surface area (TPSA) is 60.1 Å². The van der Waals surface area contributed by atoms with E-state index in [9.17, 15) is 4.79 Å². The van der Waals surface area contributed by atoms with Gasteiger partial charge in [-0.1, -0.05) is 18.2 Å². The molecule has 0 aliphatic rings. The number of nitrogens with zero attached hydrogens (tertiary/aromatic N) is 2. The number of furan rings is 1. The summed E-state index contributed by atoms with van der Waals surface area (Å²) >= 11 is 0. The van der Waals surface area contributed by atoms with Crippen molar-refractivity contribution in [1.82, 2.24) is 15.1 Å². The Bertz CT molecular complexity index is 949. The van der Waals surface area contributed by atoms with Gasteiger partial charge in [-0.05, 0) is 52.0 Å². The van der Waals surface area contributed by atoms with Gasteiger partial charge in [0.15, 0.2) is 0 Å². The van der Waals surface area contributed by atoms with Gasteiger partial charge >= 0.3 is 0 Å². The number of carbonyl (C=O) groups is 1. The van der Waals surface area contributed by atoms with E-state index in [1.54, 1.807) is 6.08 Å². The summed E-state index contributed by atoms with van der Waals surface area (Å²) in [5.74, 6) is 1.54. The van der Waals surface area contributed by atoms with Crippen LogP contribution in [0.5, 0.6) is 0 Å². The minimum absolute atomic E-state index is 0.144. The van der Waals surface area contributed by atoms with E-state index in [0.29, 0.717) is 6.54 Å². The monoisotopic (exact) mass is 349 g/mol. The second-order valence-corrected chi connectivity index (χ2v) is 6.32. The molecule has 2 heterocycles. The predicted molar refractivity (Wildman–Crippen MR) is 102 cm³/mol. The lowest BCUT2D eigenvalue weighted by atomic mass is 10.2. The lowest BCUT2D eigenvalue weighted by Crippen LogP contribution is -2.20. The quantitative estimate of drug-likeness (QED) is 0.708. The normalized spacial score (nSPS) is 11.2. The van der Waals surface area contributed by atoms with E-state index >= 15 is 0 Å². The molecule has 0 unspecified atom stereocenters. The lowest BCUT2D eigenvalue weighted by Gasteiger charge is -2.03. The third kappa shape index (κ3) is 3.77. The van der Waals surface area contributed by atoms with Crippen LogP contribution in [0.4, 0.5) is 0 Å². The Morgan fingerprint density at radius 3 is 2.58 bits per heavy atom. The summed E-state index contributed by atoms with van der Waals surface area (Å²) in [5.41, 5.74) is 4.84. The molecule has 2 aromatic heterocycles. The summed E-state index contributed by atoms with van der Waals surface area (Å²) < 4.78 is 7.37. The number of aryl methyl sites for hydroxylation is 3. The van der Waals surface area contributed by atoms with Gasteiger partial charge in [0.1, 0.15) is 11.5 Å². The standard InChI is InChI=1S/C21H23N3O2/c1-14-12-18(17(4)26-14)13-22-21(25)11-10-20-15(2)23-24(16(20)3)19-8-6-5-7-9-19/h5-12H,13H2,1-4H3,(H,22,25)/b11-10+. The van der Waals surface area contributed by atoms with E-state index in [1.807, 2.05) is 74.9 Å². The number of hydrogen-bond donors (Lipinski definition) is 1. The summed E-state index contributed by atoms with van der Waals surface area (Å²) in [6.45, 7) is 8.20. The van der Waals surface area contributed by atoms with E-state index in [4.69, 9.17) is 4.42 Å². The molecule has 0 spiro atoms. The molecule has 134 valence electrons. The van der Waals surface area contributed by atoms with Crippen LogP contribution in [-0.4, -0.2) is 15.7 Å². The highest BCUT2D eigenvalue weighted by molar-refractivity contribution is 5.92. The largest absolute Gasteiger partial charge is 0.466 e. The molecule has 0 aliphatic carbocycles. The van der Waals surface area contributed by atoms with Gasteiger partial charge in [0, 0.05) is 29.4 Å². The molecular weight excluding hydrogens is 326 g/mol.